The maximum atomic E-state index is 12.0. The van der Waals surface area contributed by atoms with Crippen LogP contribution >= 0.6 is 22.6 Å². The second-order valence-corrected chi connectivity index (χ2v) is 8.39. The summed E-state index contributed by atoms with van der Waals surface area (Å²) >= 11 is 2.31. The van der Waals surface area contributed by atoms with Crippen LogP contribution in [0.4, 0.5) is 4.79 Å². The standard InChI is InChI=1S/C18H29IN2O2/c1-13(12-21(6)17(22)23-18(3,4)5)11-20-14(2)15-7-9-16(19)10-8-15/h7-10,13-14,20H,11-12H2,1-6H3. The Morgan fingerprint density at radius 3 is 2.35 bits per heavy atom. The number of carbonyl (C=O) groups is 1. The molecule has 130 valence electrons. The lowest BCUT2D eigenvalue weighted by molar-refractivity contribution is 0.0276. The van der Waals surface area contributed by atoms with Crippen LogP contribution in [0.3, 0.4) is 0 Å². The SMILES string of the molecule is CC(CNC(C)c1ccc(I)cc1)CN(C)C(=O)OC(C)(C)C. The van der Waals surface area contributed by atoms with E-state index < -0.39 is 5.60 Å². The predicted octanol–water partition coefficient (Wildman–Crippen LogP) is 4.44. The van der Waals surface area contributed by atoms with Gasteiger partial charge in [0.15, 0.2) is 0 Å². The van der Waals surface area contributed by atoms with Gasteiger partial charge in [0.1, 0.15) is 5.60 Å². The number of nitrogens with one attached hydrogen (secondary N) is 1. The Morgan fingerprint density at radius 2 is 1.83 bits per heavy atom. The summed E-state index contributed by atoms with van der Waals surface area (Å²) in [5.74, 6) is 0.346. The van der Waals surface area contributed by atoms with Gasteiger partial charge in [-0.15, -0.1) is 0 Å². The first-order valence-corrected chi connectivity index (χ1v) is 9.09. The number of carbonyl (C=O) groups excluding carboxylic acids is 1. The van der Waals surface area contributed by atoms with Crippen LogP contribution in [0.5, 0.6) is 0 Å². The summed E-state index contributed by atoms with van der Waals surface area (Å²) in [4.78, 5) is 13.6. The lowest BCUT2D eigenvalue weighted by Crippen LogP contribution is -2.38. The molecule has 1 N–H and O–H groups in total. The van der Waals surface area contributed by atoms with Crippen LogP contribution in [0.15, 0.2) is 24.3 Å². The summed E-state index contributed by atoms with van der Waals surface area (Å²) in [7, 11) is 1.78. The van der Waals surface area contributed by atoms with Gasteiger partial charge in [-0.2, -0.15) is 0 Å². The summed E-state index contributed by atoms with van der Waals surface area (Å²) in [6.07, 6.45) is -0.268. The minimum atomic E-state index is -0.452. The van der Waals surface area contributed by atoms with Gasteiger partial charge in [-0.3, -0.25) is 0 Å². The zero-order valence-corrected chi connectivity index (χ0v) is 17.2. The first kappa shape index (κ1) is 20.2. The second-order valence-electron chi connectivity index (χ2n) is 7.15. The van der Waals surface area contributed by atoms with Gasteiger partial charge in [0, 0.05) is 23.2 Å². The summed E-state index contributed by atoms with van der Waals surface area (Å²) in [5.41, 5.74) is 0.824. The number of benzene rings is 1. The third-order valence-corrected chi connectivity index (χ3v) is 4.15. The first-order valence-electron chi connectivity index (χ1n) is 8.01. The predicted molar refractivity (Wildman–Crippen MR) is 104 cm³/mol. The molecule has 0 aliphatic rings. The Hall–Kier alpha value is -0.820. The quantitative estimate of drug-likeness (QED) is 0.676. The minimum absolute atomic E-state index is 0.268. The number of ether oxygens (including phenoxy) is 1. The fraction of sp³-hybridized carbons (Fsp3) is 0.611. The highest BCUT2D eigenvalue weighted by Crippen LogP contribution is 2.15. The van der Waals surface area contributed by atoms with Crippen LogP contribution in [-0.4, -0.2) is 36.7 Å². The lowest BCUT2D eigenvalue weighted by atomic mass is 10.1. The molecule has 0 saturated heterocycles. The van der Waals surface area contributed by atoms with Gasteiger partial charge >= 0.3 is 6.09 Å². The van der Waals surface area contributed by atoms with Crippen molar-refractivity contribution < 1.29 is 9.53 Å². The van der Waals surface area contributed by atoms with Gasteiger partial charge in [0.05, 0.1) is 0 Å². The monoisotopic (exact) mass is 432 g/mol. The molecule has 2 atom stereocenters. The Morgan fingerprint density at radius 1 is 1.26 bits per heavy atom. The summed E-state index contributed by atoms with van der Waals surface area (Å²) in [6, 6.07) is 8.83. The van der Waals surface area contributed by atoms with E-state index in [1.807, 2.05) is 20.8 Å². The molecular weight excluding hydrogens is 403 g/mol. The van der Waals surface area contributed by atoms with Crippen LogP contribution in [-0.2, 0) is 4.74 Å². The largest absolute Gasteiger partial charge is 0.444 e. The van der Waals surface area contributed by atoms with Gasteiger partial charge < -0.3 is 15.0 Å². The van der Waals surface area contributed by atoms with Crippen LogP contribution in [0, 0.1) is 9.49 Å². The van der Waals surface area contributed by atoms with Crippen molar-refractivity contribution in [2.24, 2.45) is 5.92 Å². The van der Waals surface area contributed by atoms with Crippen molar-refractivity contribution in [2.45, 2.75) is 46.3 Å². The molecule has 0 fully saturated rings. The molecule has 0 radical (unpaired) electrons. The molecule has 23 heavy (non-hydrogen) atoms. The van der Waals surface area contributed by atoms with E-state index in [9.17, 15) is 4.79 Å². The van der Waals surface area contributed by atoms with E-state index in [0.29, 0.717) is 18.5 Å². The van der Waals surface area contributed by atoms with E-state index in [4.69, 9.17) is 4.74 Å². The Bertz CT molecular complexity index is 497. The summed E-state index contributed by atoms with van der Waals surface area (Å²) in [5, 5.41) is 3.53. The molecular formula is C18H29IN2O2. The molecule has 2 unspecified atom stereocenters. The minimum Gasteiger partial charge on any atom is -0.444 e. The van der Waals surface area contributed by atoms with Crippen LogP contribution in [0.2, 0.25) is 0 Å². The number of nitrogens with zero attached hydrogens (tertiary/aromatic N) is 1. The molecule has 0 aliphatic heterocycles. The molecule has 1 aromatic carbocycles. The molecule has 5 heteroatoms. The van der Waals surface area contributed by atoms with Gasteiger partial charge in [0.25, 0.3) is 0 Å². The third kappa shape index (κ3) is 8.01. The van der Waals surface area contributed by atoms with Crippen molar-refractivity contribution in [3.63, 3.8) is 0 Å². The van der Waals surface area contributed by atoms with E-state index in [2.05, 4.69) is 66.0 Å². The number of hydrogen-bond donors (Lipinski definition) is 1. The van der Waals surface area contributed by atoms with E-state index in [1.54, 1.807) is 11.9 Å². The van der Waals surface area contributed by atoms with Crippen LogP contribution < -0.4 is 5.32 Å². The average molecular weight is 432 g/mol. The van der Waals surface area contributed by atoms with Crippen molar-refractivity contribution in [2.75, 3.05) is 20.1 Å². The molecule has 1 amide bonds. The molecule has 1 aromatic rings. The topological polar surface area (TPSA) is 41.6 Å². The maximum absolute atomic E-state index is 12.0. The van der Waals surface area contributed by atoms with Gasteiger partial charge in [-0.1, -0.05) is 19.1 Å². The highest BCUT2D eigenvalue weighted by molar-refractivity contribution is 14.1. The Balaban J connectivity index is 2.40. The number of halogens is 1. The Kier molecular flexibility index (Phi) is 7.80. The molecule has 0 heterocycles. The maximum Gasteiger partial charge on any atom is 0.410 e. The zero-order chi connectivity index (χ0) is 17.6. The molecule has 0 bridgehead atoms. The fourth-order valence-corrected chi connectivity index (χ4v) is 2.55. The van der Waals surface area contributed by atoms with E-state index in [0.717, 1.165) is 6.54 Å². The average Bonchev–Trinajstić information content (AvgIpc) is 2.43. The van der Waals surface area contributed by atoms with Crippen LogP contribution in [0.1, 0.15) is 46.2 Å². The number of amides is 1. The van der Waals surface area contributed by atoms with Crippen LogP contribution in [0.25, 0.3) is 0 Å². The van der Waals surface area contributed by atoms with E-state index in [1.165, 1.54) is 9.13 Å². The highest BCUT2D eigenvalue weighted by atomic mass is 127. The van der Waals surface area contributed by atoms with Crippen molar-refractivity contribution >= 4 is 28.7 Å². The van der Waals surface area contributed by atoms with Gasteiger partial charge in [0.2, 0.25) is 0 Å². The molecule has 0 aromatic heterocycles. The smallest absolute Gasteiger partial charge is 0.410 e. The normalized spacial score (nSPS) is 14.2. The molecule has 0 saturated carbocycles. The molecule has 1 rings (SSSR count). The molecule has 0 aliphatic carbocycles. The lowest BCUT2D eigenvalue weighted by Gasteiger charge is -2.27. The first-order chi connectivity index (χ1) is 10.6. The number of hydrogen-bond acceptors (Lipinski definition) is 3. The van der Waals surface area contributed by atoms with E-state index in [-0.39, 0.29) is 6.09 Å². The third-order valence-electron chi connectivity index (χ3n) is 3.43. The second kappa shape index (κ2) is 8.87. The van der Waals surface area contributed by atoms with E-state index >= 15 is 0 Å². The van der Waals surface area contributed by atoms with Crippen molar-refractivity contribution in [3.8, 4) is 0 Å². The summed E-state index contributed by atoms with van der Waals surface area (Å²) in [6.45, 7) is 11.5. The van der Waals surface area contributed by atoms with Gasteiger partial charge in [-0.05, 0) is 80.4 Å². The fourth-order valence-electron chi connectivity index (χ4n) is 2.19. The highest BCUT2D eigenvalue weighted by Gasteiger charge is 2.20. The zero-order valence-electron chi connectivity index (χ0n) is 15.0. The van der Waals surface area contributed by atoms with Crippen molar-refractivity contribution in [1.29, 1.82) is 0 Å². The van der Waals surface area contributed by atoms with Crippen molar-refractivity contribution in [1.82, 2.24) is 10.2 Å². The Labute approximate surface area is 154 Å². The van der Waals surface area contributed by atoms with Crippen molar-refractivity contribution in [3.05, 3.63) is 33.4 Å². The molecule has 0 spiro atoms. The van der Waals surface area contributed by atoms with Gasteiger partial charge in [-0.25, -0.2) is 4.79 Å². The number of rotatable bonds is 6. The summed E-state index contributed by atoms with van der Waals surface area (Å²) < 4.78 is 6.61. The molecule has 4 nitrogen and oxygen atoms in total.